The Balaban J connectivity index is 1.81. The number of hydrogen-bond acceptors (Lipinski definition) is 7. The number of aliphatic hydroxyl groups excluding tert-OH is 1. The molecule has 10 nitrogen and oxygen atoms in total. The van der Waals surface area contributed by atoms with Gasteiger partial charge in [0.25, 0.3) is 5.91 Å². The smallest absolute Gasteiger partial charge is 0.266 e. The van der Waals surface area contributed by atoms with Crippen LogP contribution in [0.1, 0.15) is 34.8 Å². The lowest BCUT2D eigenvalue weighted by atomic mass is 9.81. The van der Waals surface area contributed by atoms with Gasteiger partial charge in [0, 0.05) is 45.5 Å². The number of benzene rings is 3. The lowest BCUT2D eigenvalue weighted by molar-refractivity contribution is -0.129. The van der Waals surface area contributed by atoms with Crippen LogP contribution >= 0.6 is 23.2 Å². The maximum absolute atomic E-state index is 13.6. The standard InChI is InChI=1S/C27H26Cl2N6O4/c28-20-8-11-22(23(29)14-20)24-27(26(37)34-30,15-18-4-1-2-5-19(18)16-32-35-31)33-25(39-24)17-6-9-21(10-7-17)38-13-3-12-36/h1-2,4-11,14,24,36H,3,12-13,15-16,30H2,(H,34,37)/t24-,27-/m0/s1. The third kappa shape index (κ3) is 6.27. The molecule has 2 atom stereocenters. The van der Waals surface area contributed by atoms with Gasteiger partial charge < -0.3 is 14.6 Å². The van der Waals surface area contributed by atoms with Crippen LogP contribution in [-0.2, 0) is 22.5 Å². The predicted octanol–water partition coefficient (Wildman–Crippen LogP) is 5.05. The zero-order valence-electron chi connectivity index (χ0n) is 20.8. The van der Waals surface area contributed by atoms with Crippen molar-refractivity contribution in [2.24, 2.45) is 15.9 Å². The van der Waals surface area contributed by atoms with Crippen molar-refractivity contribution in [3.05, 3.63) is 109 Å². The molecule has 0 bridgehead atoms. The van der Waals surface area contributed by atoms with Gasteiger partial charge in [-0.15, -0.1) is 0 Å². The molecule has 0 radical (unpaired) electrons. The van der Waals surface area contributed by atoms with Crippen LogP contribution in [0.15, 0.2) is 76.8 Å². The average Bonchev–Trinajstić information content (AvgIpc) is 3.32. The summed E-state index contributed by atoms with van der Waals surface area (Å²) in [7, 11) is 0. The Morgan fingerprint density at radius 1 is 1.18 bits per heavy atom. The number of nitrogens with two attached hydrogens (primary N) is 1. The number of nitrogens with zero attached hydrogens (tertiary/aromatic N) is 4. The van der Waals surface area contributed by atoms with E-state index in [0.717, 1.165) is 11.1 Å². The molecule has 39 heavy (non-hydrogen) atoms. The lowest BCUT2D eigenvalue weighted by Crippen LogP contribution is -2.52. The molecule has 1 aliphatic heterocycles. The van der Waals surface area contributed by atoms with Gasteiger partial charge in [-0.1, -0.05) is 58.6 Å². The largest absolute Gasteiger partial charge is 0.494 e. The number of carbonyl (C=O) groups is 1. The van der Waals surface area contributed by atoms with Crippen LogP contribution in [0, 0.1) is 0 Å². The van der Waals surface area contributed by atoms with E-state index in [9.17, 15) is 4.79 Å². The van der Waals surface area contributed by atoms with Gasteiger partial charge in [0.15, 0.2) is 11.6 Å². The average molecular weight is 569 g/mol. The van der Waals surface area contributed by atoms with E-state index < -0.39 is 17.6 Å². The summed E-state index contributed by atoms with van der Waals surface area (Å²) in [5.41, 5.74) is 12.1. The fraction of sp³-hybridized carbons (Fsp3) is 0.259. The zero-order valence-corrected chi connectivity index (χ0v) is 22.3. The molecule has 3 aromatic carbocycles. The Kier molecular flexibility index (Phi) is 9.29. The number of azide groups is 1. The Hall–Kier alpha value is -3.79. The highest BCUT2D eigenvalue weighted by Gasteiger charge is 2.54. The van der Waals surface area contributed by atoms with Crippen LogP contribution in [0.5, 0.6) is 5.75 Å². The van der Waals surface area contributed by atoms with Crippen molar-refractivity contribution in [1.82, 2.24) is 5.43 Å². The number of hydrogen-bond donors (Lipinski definition) is 3. The normalized spacial score (nSPS) is 18.1. The molecule has 1 amide bonds. The van der Waals surface area contributed by atoms with Crippen LogP contribution in [0.3, 0.4) is 0 Å². The summed E-state index contributed by atoms with van der Waals surface area (Å²) < 4.78 is 12.0. The second kappa shape index (κ2) is 12.8. The topological polar surface area (TPSA) is 155 Å². The number of ether oxygens (including phenoxy) is 2. The molecule has 12 heteroatoms. The van der Waals surface area contributed by atoms with Crippen molar-refractivity contribution < 1.29 is 19.4 Å². The van der Waals surface area contributed by atoms with E-state index in [1.165, 1.54) is 0 Å². The van der Waals surface area contributed by atoms with Gasteiger partial charge in [-0.05, 0) is 53.1 Å². The van der Waals surface area contributed by atoms with Crippen molar-refractivity contribution in [3.63, 3.8) is 0 Å². The van der Waals surface area contributed by atoms with Crippen LogP contribution in [0.25, 0.3) is 10.4 Å². The van der Waals surface area contributed by atoms with Gasteiger partial charge in [0.2, 0.25) is 5.90 Å². The number of rotatable bonds is 11. The van der Waals surface area contributed by atoms with E-state index in [1.807, 2.05) is 24.3 Å². The molecule has 0 spiro atoms. The third-order valence-electron chi connectivity index (χ3n) is 6.29. The van der Waals surface area contributed by atoms with Crippen molar-refractivity contribution in [1.29, 1.82) is 0 Å². The van der Waals surface area contributed by atoms with Gasteiger partial charge in [-0.2, -0.15) is 0 Å². The van der Waals surface area contributed by atoms with Crippen molar-refractivity contribution >= 4 is 35.0 Å². The van der Waals surface area contributed by atoms with Gasteiger partial charge in [-0.25, -0.2) is 10.8 Å². The summed E-state index contributed by atoms with van der Waals surface area (Å²) in [5, 5.41) is 13.4. The second-order valence-electron chi connectivity index (χ2n) is 8.76. The SMILES string of the molecule is [N-]=[N+]=NCc1ccccc1C[C@]1(C(=O)NN)N=C(c2ccc(OCCCO)cc2)O[C@H]1c1ccc(Cl)cc1Cl. The maximum atomic E-state index is 13.6. The Bertz CT molecular complexity index is 1410. The van der Waals surface area contributed by atoms with Gasteiger partial charge in [-0.3, -0.25) is 10.2 Å². The highest BCUT2D eigenvalue weighted by atomic mass is 35.5. The molecule has 3 aromatic rings. The van der Waals surface area contributed by atoms with Crippen LogP contribution in [0.4, 0.5) is 0 Å². The van der Waals surface area contributed by atoms with Crippen molar-refractivity contribution in [3.8, 4) is 5.75 Å². The van der Waals surface area contributed by atoms with E-state index in [4.69, 9.17) is 54.1 Å². The molecule has 0 aromatic heterocycles. The Morgan fingerprint density at radius 3 is 2.59 bits per heavy atom. The van der Waals surface area contributed by atoms with Crippen LogP contribution in [-0.4, -0.2) is 35.7 Å². The van der Waals surface area contributed by atoms with Crippen LogP contribution in [0.2, 0.25) is 10.0 Å². The molecule has 4 N–H and O–H groups in total. The molecule has 1 aliphatic rings. The van der Waals surface area contributed by atoms with E-state index in [0.29, 0.717) is 39.9 Å². The first-order valence-corrected chi connectivity index (χ1v) is 12.8. The summed E-state index contributed by atoms with van der Waals surface area (Å²) in [6.07, 6.45) is -0.379. The number of carbonyl (C=O) groups excluding carboxylic acids is 1. The van der Waals surface area contributed by atoms with E-state index in [1.54, 1.807) is 42.5 Å². The highest BCUT2D eigenvalue weighted by molar-refractivity contribution is 6.35. The Labute approximate surface area is 235 Å². The van der Waals surface area contributed by atoms with E-state index >= 15 is 0 Å². The first-order valence-electron chi connectivity index (χ1n) is 12.1. The number of amides is 1. The molecule has 4 rings (SSSR count). The first-order chi connectivity index (χ1) is 18.9. The van der Waals surface area contributed by atoms with Gasteiger partial charge >= 0.3 is 0 Å². The highest BCUT2D eigenvalue weighted by Crippen LogP contribution is 2.45. The molecule has 0 fully saturated rings. The molecule has 0 saturated heterocycles. The number of hydrazine groups is 1. The minimum Gasteiger partial charge on any atom is -0.494 e. The zero-order chi connectivity index (χ0) is 27.8. The minimum absolute atomic E-state index is 0.0364. The number of aliphatic hydroxyl groups is 1. The second-order valence-corrected chi connectivity index (χ2v) is 9.61. The molecular weight excluding hydrogens is 543 g/mol. The molecule has 0 aliphatic carbocycles. The lowest BCUT2D eigenvalue weighted by Gasteiger charge is -2.31. The first kappa shape index (κ1) is 28.2. The maximum Gasteiger partial charge on any atom is 0.266 e. The number of nitrogens with one attached hydrogen (secondary N) is 1. The monoisotopic (exact) mass is 568 g/mol. The quantitative estimate of drug-likeness (QED) is 0.0560. The summed E-state index contributed by atoms with van der Waals surface area (Å²) in [4.78, 5) is 21.3. The summed E-state index contributed by atoms with van der Waals surface area (Å²) in [6, 6.07) is 19.2. The number of aliphatic imine (C=N–C) groups is 1. The molecule has 202 valence electrons. The Morgan fingerprint density at radius 2 is 1.92 bits per heavy atom. The molecule has 0 saturated carbocycles. The van der Waals surface area contributed by atoms with E-state index in [2.05, 4.69) is 15.5 Å². The molecule has 1 heterocycles. The van der Waals surface area contributed by atoms with Crippen molar-refractivity contribution in [2.45, 2.75) is 31.0 Å². The van der Waals surface area contributed by atoms with Crippen LogP contribution < -0.4 is 16.0 Å². The van der Waals surface area contributed by atoms with Crippen molar-refractivity contribution in [2.75, 3.05) is 13.2 Å². The van der Waals surface area contributed by atoms with Gasteiger partial charge in [0.1, 0.15) is 5.75 Å². The summed E-state index contributed by atoms with van der Waals surface area (Å²) >= 11 is 12.7. The van der Waals surface area contributed by atoms with E-state index in [-0.39, 0.29) is 25.5 Å². The third-order valence-corrected chi connectivity index (χ3v) is 6.85. The summed E-state index contributed by atoms with van der Waals surface area (Å²) in [5.74, 6) is 5.93. The number of halogens is 2. The minimum atomic E-state index is -1.57. The summed E-state index contributed by atoms with van der Waals surface area (Å²) in [6.45, 7) is 0.503. The fourth-order valence-electron chi connectivity index (χ4n) is 4.38. The van der Waals surface area contributed by atoms with Gasteiger partial charge in [0.05, 0.1) is 13.2 Å². The molecular formula is C27H26Cl2N6O4. The predicted molar refractivity (Wildman–Crippen MR) is 149 cm³/mol. The molecule has 0 unspecified atom stereocenters. The fourth-order valence-corrected chi connectivity index (χ4v) is 4.89.